The van der Waals surface area contributed by atoms with E-state index in [1.807, 2.05) is 0 Å². The van der Waals surface area contributed by atoms with Gasteiger partial charge in [-0.1, -0.05) is 12.2 Å². The molecule has 0 radical (unpaired) electrons. The van der Waals surface area contributed by atoms with E-state index in [2.05, 4.69) is 9.97 Å². The molecule has 2 aromatic rings. The third-order valence-electron chi connectivity index (χ3n) is 2.74. The standard InChI is InChI=1S/C13H11F3N2OS/c1-7-5-8(19-2)3-4-9(7)10-6-11(20)18-12(17-10)13(14,15)16/h3-6H,1-2H3,(H,17,18,20). The van der Waals surface area contributed by atoms with Crippen LogP contribution >= 0.6 is 12.2 Å². The molecule has 0 saturated heterocycles. The predicted octanol–water partition coefficient (Wildman–Crippen LogP) is 4.14. The van der Waals surface area contributed by atoms with Gasteiger partial charge in [-0.3, -0.25) is 0 Å². The first kappa shape index (κ1) is 14.5. The van der Waals surface area contributed by atoms with Gasteiger partial charge in [-0.25, -0.2) is 4.98 Å². The quantitative estimate of drug-likeness (QED) is 0.847. The number of hydrogen-bond donors (Lipinski definition) is 1. The highest BCUT2D eigenvalue weighted by atomic mass is 32.1. The summed E-state index contributed by atoms with van der Waals surface area (Å²) in [5.74, 6) is -0.467. The van der Waals surface area contributed by atoms with Crippen LogP contribution in [-0.4, -0.2) is 17.1 Å². The smallest absolute Gasteiger partial charge is 0.449 e. The van der Waals surface area contributed by atoms with Crippen LogP contribution in [0.4, 0.5) is 13.2 Å². The van der Waals surface area contributed by atoms with Gasteiger partial charge in [0.15, 0.2) is 0 Å². The number of halogens is 3. The lowest BCUT2D eigenvalue weighted by molar-refractivity contribution is -0.144. The SMILES string of the molecule is COc1ccc(-c2cc(=S)nc(C(F)(F)F)[nH]2)c(C)c1. The topological polar surface area (TPSA) is 37.9 Å². The Bertz CT molecular complexity index is 695. The minimum Gasteiger partial charge on any atom is -0.497 e. The van der Waals surface area contributed by atoms with Gasteiger partial charge in [0, 0.05) is 5.56 Å². The Morgan fingerprint density at radius 2 is 1.95 bits per heavy atom. The molecule has 20 heavy (non-hydrogen) atoms. The number of ether oxygens (including phenoxy) is 1. The second-order valence-corrected chi connectivity index (χ2v) is 4.58. The predicted molar refractivity (Wildman–Crippen MR) is 71.1 cm³/mol. The molecule has 0 amide bonds. The maximum Gasteiger partial charge on any atom is 0.449 e. The third-order valence-corrected chi connectivity index (χ3v) is 2.94. The summed E-state index contributed by atoms with van der Waals surface area (Å²) in [5, 5.41) is 0. The van der Waals surface area contributed by atoms with Crippen molar-refractivity contribution in [2.24, 2.45) is 0 Å². The molecule has 0 fully saturated rings. The molecule has 0 saturated carbocycles. The number of rotatable bonds is 2. The van der Waals surface area contributed by atoms with E-state index in [1.165, 1.54) is 13.2 Å². The van der Waals surface area contributed by atoms with E-state index < -0.39 is 12.0 Å². The number of aryl methyl sites for hydroxylation is 1. The summed E-state index contributed by atoms with van der Waals surface area (Å²) in [6.07, 6.45) is -4.57. The van der Waals surface area contributed by atoms with Crippen molar-refractivity contribution in [2.75, 3.05) is 7.11 Å². The highest BCUT2D eigenvalue weighted by molar-refractivity contribution is 7.71. The average molecular weight is 300 g/mol. The van der Waals surface area contributed by atoms with Crippen molar-refractivity contribution in [1.82, 2.24) is 9.97 Å². The molecule has 0 aliphatic carbocycles. The maximum atomic E-state index is 12.7. The first-order valence-electron chi connectivity index (χ1n) is 5.65. The number of nitrogens with zero attached hydrogens (tertiary/aromatic N) is 1. The summed E-state index contributed by atoms with van der Waals surface area (Å²) < 4.78 is 43.1. The van der Waals surface area contributed by atoms with Gasteiger partial charge in [0.25, 0.3) is 0 Å². The van der Waals surface area contributed by atoms with E-state index in [9.17, 15) is 13.2 Å². The number of hydrogen-bond acceptors (Lipinski definition) is 3. The van der Waals surface area contributed by atoms with Gasteiger partial charge in [0.05, 0.1) is 12.8 Å². The fourth-order valence-corrected chi connectivity index (χ4v) is 2.01. The number of methoxy groups -OCH3 is 1. The molecule has 7 heteroatoms. The Labute approximate surface area is 118 Å². The molecule has 106 valence electrons. The lowest BCUT2D eigenvalue weighted by atomic mass is 10.1. The molecular weight excluding hydrogens is 289 g/mol. The Kier molecular flexibility index (Phi) is 3.80. The fourth-order valence-electron chi connectivity index (χ4n) is 1.80. The Hall–Kier alpha value is -1.89. The number of H-pyrrole nitrogens is 1. The Morgan fingerprint density at radius 3 is 2.50 bits per heavy atom. The molecule has 0 aliphatic heterocycles. The zero-order valence-corrected chi connectivity index (χ0v) is 11.5. The van der Waals surface area contributed by atoms with Crippen LogP contribution in [0.1, 0.15) is 11.4 Å². The normalized spacial score (nSPS) is 11.4. The van der Waals surface area contributed by atoms with Gasteiger partial charge in [0.2, 0.25) is 5.82 Å². The lowest BCUT2D eigenvalue weighted by Crippen LogP contribution is -2.11. The number of benzene rings is 1. The fraction of sp³-hybridized carbons (Fsp3) is 0.231. The lowest BCUT2D eigenvalue weighted by Gasteiger charge is -2.11. The summed E-state index contributed by atoms with van der Waals surface area (Å²) in [6.45, 7) is 1.78. The second-order valence-electron chi connectivity index (χ2n) is 4.16. The summed E-state index contributed by atoms with van der Waals surface area (Å²) in [5.41, 5.74) is 1.66. The number of aromatic amines is 1. The number of alkyl halides is 3. The Balaban J connectivity index is 2.59. The molecule has 1 aromatic carbocycles. The van der Waals surface area contributed by atoms with E-state index in [0.717, 1.165) is 5.56 Å². The van der Waals surface area contributed by atoms with Crippen molar-refractivity contribution in [3.8, 4) is 17.0 Å². The van der Waals surface area contributed by atoms with Crippen LogP contribution in [-0.2, 0) is 6.18 Å². The van der Waals surface area contributed by atoms with E-state index >= 15 is 0 Å². The molecule has 3 nitrogen and oxygen atoms in total. The van der Waals surface area contributed by atoms with Crippen molar-refractivity contribution in [1.29, 1.82) is 0 Å². The molecule has 1 N–H and O–H groups in total. The van der Waals surface area contributed by atoms with Gasteiger partial charge < -0.3 is 9.72 Å². The molecule has 0 bridgehead atoms. The van der Waals surface area contributed by atoms with Crippen LogP contribution in [0.3, 0.4) is 0 Å². The minimum absolute atomic E-state index is 0.110. The molecule has 1 heterocycles. The highest BCUT2D eigenvalue weighted by Gasteiger charge is 2.34. The first-order chi connectivity index (χ1) is 9.31. The average Bonchev–Trinajstić information content (AvgIpc) is 2.36. The third kappa shape index (κ3) is 2.98. The van der Waals surface area contributed by atoms with Crippen molar-refractivity contribution < 1.29 is 17.9 Å². The van der Waals surface area contributed by atoms with Crippen molar-refractivity contribution in [2.45, 2.75) is 13.1 Å². The monoisotopic (exact) mass is 300 g/mol. The second kappa shape index (κ2) is 5.24. The summed E-state index contributed by atoms with van der Waals surface area (Å²) in [4.78, 5) is 5.58. The van der Waals surface area contributed by atoms with Crippen molar-refractivity contribution in [3.05, 3.63) is 40.3 Å². The molecule has 0 aliphatic rings. The van der Waals surface area contributed by atoms with Gasteiger partial charge in [-0.15, -0.1) is 0 Å². The zero-order chi connectivity index (χ0) is 14.9. The summed E-state index contributed by atoms with van der Waals surface area (Å²) in [6, 6.07) is 6.49. The molecule has 0 atom stereocenters. The van der Waals surface area contributed by atoms with Crippen LogP contribution in [0.5, 0.6) is 5.75 Å². The molecule has 0 unspecified atom stereocenters. The van der Waals surface area contributed by atoms with Crippen LogP contribution in [0.15, 0.2) is 24.3 Å². The van der Waals surface area contributed by atoms with E-state index in [0.29, 0.717) is 11.3 Å². The van der Waals surface area contributed by atoms with Crippen LogP contribution in [0.2, 0.25) is 0 Å². The summed E-state index contributed by atoms with van der Waals surface area (Å²) in [7, 11) is 1.52. The van der Waals surface area contributed by atoms with E-state index in [4.69, 9.17) is 17.0 Å². The van der Waals surface area contributed by atoms with Crippen molar-refractivity contribution in [3.63, 3.8) is 0 Å². The minimum atomic E-state index is -4.57. The highest BCUT2D eigenvalue weighted by Crippen LogP contribution is 2.30. The zero-order valence-electron chi connectivity index (χ0n) is 10.7. The number of aromatic nitrogens is 2. The van der Waals surface area contributed by atoms with Gasteiger partial charge >= 0.3 is 6.18 Å². The van der Waals surface area contributed by atoms with Gasteiger partial charge in [0.1, 0.15) is 10.4 Å². The first-order valence-corrected chi connectivity index (χ1v) is 6.05. The van der Waals surface area contributed by atoms with Crippen molar-refractivity contribution >= 4 is 12.2 Å². The van der Waals surface area contributed by atoms with Gasteiger partial charge in [-0.2, -0.15) is 13.2 Å². The Morgan fingerprint density at radius 1 is 1.25 bits per heavy atom. The number of nitrogens with one attached hydrogen (secondary N) is 1. The summed E-state index contributed by atoms with van der Waals surface area (Å²) >= 11 is 4.79. The van der Waals surface area contributed by atoms with E-state index in [-0.39, 0.29) is 10.3 Å². The molecule has 0 spiro atoms. The molecule has 2 rings (SSSR count). The maximum absolute atomic E-state index is 12.7. The molecular formula is C13H11F3N2OS. The van der Waals surface area contributed by atoms with Crippen LogP contribution in [0.25, 0.3) is 11.3 Å². The van der Waals surface area contributed by atoms with Gasteiger partial charge in [-0.05, 0) is 36.8 Å². The molecule has 1 aromatic heterocycles. The largest absolute Gasteiger partial charge is 0.497 e. The van der Waals surface area contributed by atoms with Crippen LogP contribution < -0.4 is 4.74 Å². The van der Waals surface area contributed by atoms with E-state index in [1.54, 1.807) is 25.1 Å². The van der Waals surface area contributed by atoms with Crippen LogP contribution in [0, 0.1) is 11.6 Å².